The highest BCUT2D eigenvalue weighted by Gasteiger charge is 2.17. The van der Waals surface area contributed by atoms with Gasteiger partial charge < -0.3 is 20.3 Å². The summed E-state index contributed by atoms with van der Waals surface area (Å²) in [7, 11) is 5.36. The third-order valence-electron chi connectivity index (χ3n) is 3.41. The summed E-state index contributed by atoms with van der Waals surface area (Å²) in [5, 5.41) is 7.35. The maximum absolute atomic E-state index is 11.9. The van der Waals surface area contributed by atoms with Crippen LogP contribution >= 0.6 is 23.6 Å². The second-order valence-electron chi connectivity index (χ2n) is 5.32. The van der Waals surface area contributed by atoms with Gasteiger partial charge in [0.25, 0.3) is 0 Å². The van der Waals surface area contributed by atoms with Gasteiger partial charge in [-0.1, -0.05) is 6.92 Å². The molecule has 128 valence electrons. The van der Waals surface area contributed by atoms with E-state index in [0.717, 1.165) is 22.7 Å². The van der Waals surface area contributed by atoms with Crippen molar-refractivity contribution < 1.29 is 9.53 Å². The van der Waals surface area contributed by atoms with Crippen molar-refractivity contribution in [1.82, 2.24) is 0 Å². The van der Waals surface area contributed by atoms with Gasteiger partial charge in [-0.25, -0.2) is 4.79 Å². The molecule has 0 aliphatic heterocycles. The van der Waals surface area contributed by atoms with Crippen LogP contribution in [0.5, 0.6) is 0 Å². The predicted octanol–water partition coefficient (Wildman–Crippen LogP) is 3.97. The second kappa shape index (κ2) is 8.12. The number of thiocarbonyl (C=S) groups is 1. The summed E-state index contributed by atoms with van der Waals surface area (Å²) in [6.45, 7) is 2.04. The molecule has 7 heteroatoms. The van der Waals surface area contributed by atoms with Crippen molar-refractivity contribution in [3.63, 3.8) is 0 Å². The van der Waals surface area contributed by atoms with Crippen molar-refractivity contribution in [3.05, 3.63) is 40.8 Å². The summed E-state index contributed by atoms with van der Waals surface area (Å²) in [6.07, 6.45) is 0.850. The molecule has 1 aromatic heterocycles. The average Bonchev–Trinajstić information content (AvgIpc) is 2.97. The van der Waals surface area contributed by atoms with Crippen LogP contribution in [-0.4, -0.2) is 32.3 Å². The highest BCUT2D eigenvalue weighted by molar-refractivity contribution is 7.80. The zero-order chi connectivity index (χ0) is 17.7. The third-order valence-corrected chi connectivity index (χ3v) is 4.80. The Bertz CT molecular complexity index is 724. The van der Waals surface area contributed by atoms with Gasteiger partial charge in [-0.3, -0.25) is 0 Å². The molecule has 24 heavy (non-hydrogen) atoms. The first-order valence-electron chi connectivity index (χ1n) is 7.51. The van der Waals surface area contributed by atoms with Gasteiger partial charge in [-0.15, -0.1) is 11.3 Å². The molecule has 5 nitrogen and oxygen atoms in total. The SMILES string of the molecule is CCc1cc(C(=O)OC)c(NC(=S)Nc2ccc(N(C)C)cc2)s1. The predicted molar refractivity (Wildman–Crippen MR) is 106 cm³/mol. The van der Waals surface area contributed by atoms with Crippen LogP contribution in [0.15, 0.2) is 30.3 Å². The highest BCUT2D eigenvalue weighted by Crippen LogP contribution is 2.29. The summed E-state index contributed by atoms with van der Waals surface area (Å²) < 4.78 is 4.83. The number of aryl methyl sites for hydroxylation is 1. The number of nitrogens with one attached hydrogen (secondary N) is 2. The molecular formula is C17H21N3O2S2. The first kappa shape index (κ1) is 18.2. The number of thiophene rings is 1. The molecule has 2 N–H and O–H groups in total. The van der Waals surface area contributed by atoms with Crippen molar-refractivity contribution in [1.29, 1.82) is 0 Å². The van der Waals surface area contributed by atoms with Gasteiger partial charge in [0.2, 0.25) is 0 Å². The second-order valence-corrected chi connectivity index (χ2v) is 6.87. The van der Waals surface area contributed by atoms with E-state index in [1.807, 2.05) is 56.3 Å². The summed E-state index contributed by atoms with van der Waals surface area (Å²) in [5.74, 6) is -0.369. The Morgan fingerprint density at radius 1 is 1.25 bits per heavy atom. The molecule has 0 bridgehead atoms. The Morgan fingerprint density at radius 2 is 1.92 bits per heavy atom. The zero-order valence-corrected chi connectivity index (χ0v) is 15.8. The number of methoxy groups -OCH3 is 1. The molecule has 1 heterocycles. The summed E-state index contributed by atoms with van der Waals surface area (Å²) >= 11 is 6.85. The standard InChI is InChI=1S/C17H21N3O2S2/c1-5-13-10-14(16(21)22-4)15(24-13)19-17(23)18-11-6-8-12(9-7-11)20(2)3/h6-10H,5H2,1-4H3,(H2,18,19,23). The molecule has 2 rings (SSSR count). The fourth-order valence-corrected chi connectivity index (χ4v) is 3.35. The number of rotatable bonds is 5. The number of anilines is 3. The molecule has 1 aromatic carbocycles. The van der Waals surface area contributed by atoms with E-state index < -0.39 is 0 Å². The lowest BCUT2D eigenvalue weighted by molar-refractivity contribution is 0.0602. The molecule has 0 unspecified atom stereocenters. The summed E-state index contributed by atoms with van der Waals surface area (Å²) in [4.78, 5) is 15.0. The Kier molecular flexibility index (Phi) is 6.16. The van der Waals surface area contributed by atoms with Crippen molar-refractivity contribution in [3.8, 4) is 0 Å². The normalized spacial score (nSPS) is 10.2. The van der Waals surface area contributed by atoms with Gasteiger partial charge in [0.05, 0.1) is 12.7 Å². The molecule has 0 aliphatic rings. The molecule has 0 spiro atoms. The number of ether oxygens (including phenoxy) is 1. The first-order chi connectivity index (χ1) is 11.4. The minimum atomic E-state index is -0.369. The number of carbonyl (C=O) groups excluding carboxylic acids is 1. The van der Waals surface area contributed by atoms with E-state index in [2.05, 4.69) is 10.6 Å². The van der Waals surface area contributed by atoms with E-state index in [0.29, 0.717) is 15.7 Å². The van der Waals surface area contributed by atoms with E-state index in [9.17, 15) is 4.79 Å². The zero-order valence-electron chi connectivity index (χ0n) is 14.2. The van der Waals surface area contributed by atoms with Crippen LogP contribution in [0.25, 0.3) is 0 Å². The lowest BCUT2D eigenvalue weighted by Gasteiger charge is -2.14. The van der Waals surface area contributed by atoms with Crippen LogP contribution < -0.4 is 15.5 Å². The van der Waals surface area contributed by atoms with Crippen molar-refractivity contribution >= 4 is 51.0 Å². The van der Waals surface area contributed by atoms with Crippen LogP contribution in [0.2, 0.25) is 0 Å². The van der Waals surface area contributed by atoms with Gasteiger partial charge >= 0.3 is 5.97 Å². The fraction of sp³-hybridized carbons (Fsp3) is 0.294. The monoisotopic (exact) mass is 363 g/mol. The molecule has 0 amide bonds. The molecule has 2 aromatic rings. The Balaban J connectivity index is 2.09. The first-order valence-corrected chi connectivity index (χ1v) is 8.73. The van der Waals surface area contributed by atoms with Gasteiger partial charge in [0, 0.05) is 30.3 Å². The van der Waals surface area contributed by atoms with Crippen molar-refractivity contribution in [2.45, 2.75) is 13.3 Å². The lowest BCUT2D eigenvalue weighted by Crippen LogP contribution is -2.20. The van der Waals surface area contributed by atoms with Gasteiger partial charge in [-0.05, 0) is 49.0 Å². The summed E-state index contributed by atoms with van der Waals surface area (Å²) in [5.41, 5.74) is 2.50. The molecule has 0 saturated carbocycles. The van der Waals surface area contributed by atoms with Gasteiger partial charge in [0.1, 0.15) is 5.00 Å². The molecule has 0 saturated heterocycles. The van der Waals surface area contributed by atoms with E-state index in [4.69, 9.17) is 17.0 Å². The Labute approximate surface area is 151 Å². The van der Waals surface area contributed by atoms with Gasteiger partial charge in [0.15, 0.2) is 5.11 Å². The van der Waals surface area contributed by atoms with E-state index in [-0.39, 0.29) is 5.97 Å². The van der Waals surface area contributed by atoms with E-state index >= 15 is 0 Å². The quantitative estimate of drug-likeness (QED) is 0.619. The molecular weight excluding hydrogens is 342 g/mol. The van der Waals surface area contributed by atoms with Crippen LogP contribution in [0.1, 0.15) is 22.2 Å². The minimum absolute atomic E-state index is 0.369. The van der Waals surface area contributed by atoms with Crippen molar-refractivity contribution in [2.75, 3.05) is 36.7 Å². The molecule has 0 fully saturated rings. The Hall–Kier alpha value is -2.12. The number of benzene rings is 1. The topological polar surface area (TPSA) is 53.6 Å². The fourth-order valence-electron chi connectivity index (χ4n) is 2.08. The average molecular weight is 364 g/mol. The largest absolute Gasteiger partial charge is 0.465 e. The number of hydrogen-bond donors (Lipinski definition) is 2. The maximum Gasteiger partial charge on any atom is 0.340 e. The van der Waals surface area contributed by atoms with E-state index in [1.165, 1.54) is 18.4 Å². The van der Waals surface area contributed by atoms with Crippen LogP contribution in [0.4, 0.5) is 16.4 Å². The number of esters is 1. The summed E-state index contributed by atoms with van der Waals surface area (Å²) in [6, 6.07) is 9.76. The highest BCUT2D eigenvalue weighted by atomic mass is 32.1. The Morgan fingerprint density at radius 3 is 2.46 bits per heavy atom. The third kappa shape index (κ3) is 4.46. The molecule has 0 aliphatic carbocycles. The number of carbonyl (C=O) groups is 1. The van der Waals surface area contributed by atoms with E-state index in [1.54, 1.807) is 0 Å². The van der Waals surface area contributed by atoms with Crippen LogP contribution in [0.3, 0.4) is 0 Å². The minimum Gasteiger partial charge on any atom is -0.465 e. The van der Waals surface area contributed by atoms with Crippen LogP contribution in [0, 0.1) is 0 Å². The number of hydrogen-bond acceptors (Lipinski definition) is 5. The lowest BCUT2D eigenvalue weighted by atomic mass is 10.2. The maximum atomic E-state index is 11.9. The molecule has 0 radical (unpaired) electrons. The van der Waals surface area contributed by atoms with Crippen LogP contribution in [-0.2, 0) is 11.2 Å². The van der Waals surface area contributed by atoms with Crippen molar-refractivity contribution in [2.24, 2.45) is 0 Å². The van der Waals surface area contributed by atoms with Gasteiger partial charge in [-0.2, -0.15) is 0 Å². The smallest absolute Gasteiger partial charge is 0.340 e. The number of nitrogens with zero attached hydrogens (tertiary/aromatic N) is 1. The molecule has 0 atom stereocenters.